The van der Waals surface area contributed by atoms with Crippen molar-refractivity contribution >= 4 is 6.01 Å². The van der Waals surface area contributed by atoms with Crippen LogP contribution in [-0.2, 0) is 10.3 Å². The van der Waals surface area contributed by atoms with E-state index in [0.29, 0.717) is 24.4 Å². The molecule has 1 aliphatic rings. The van der Waals surface area contributed by atoms with E-state index in [1.807, 2.05) is 6.92 Å². The maximum atomic E-state index is 6.03. The van der Waals surface area contributed by atoms with Gasteiger partial charge in [-0.3, -0.25) is 0 Å². The van der Waals surface area contributed by atoms with Crippen molar-refractivity contribution in [3.05, 3.63) is 5.82 Å². The minimum absolute atomic E-state index is 0.345. The van der Waals surface area contributed by atoms with Crippen LogP contribution in [0.5, 0.6) is 0 Å². The van der Waals surface area contributed by atoms with Crippen LogP contribution in [0.2, 0.25) is 0 Å². The lowest BCUT2D eigenvalue weighted by Crippen LogP contribution is -2.36. The van der Waals surface area contributed by atoms with Crippen molar-refractivity contribution in [1.82, 2.24) is 10.1 Å². The molecule has 108 valence electrons. The van der Waals surface area contributed by atoms with Crippen molar-refractivity contribution in [3.63, 3.8) is 0 Å². The summed E-state index contributed by atoms with van der Waals surface area (Å²) in [5.41, 5.74) is -0.345. The van der Waals surface area contributed by atoms with Crippen LogP contribution in [0.15, 0.2) is 4.52 Å². The van der Waals surface area contributed by atoms with Crippen LogP contribution in [0, 0.1) is 5.92 Å². The molecule has 1 aromatic rings. The van der Waals surface area contributed by atoms with E-state index < -0.39 is 0 Å². The molecule has 0 spiro atoms. The summed E-state index contributed by atoms with van der Waals surface area (Å²) in [7, 11) is 0. The number of nitrogens with one attached hydrogen (secondary N) is 1. The van der Waals surface area contributed by atoms with Crippen molar-refractivity contribution in [1.29, 1.82) is 0 Å². The number of anilines is 1. The quantitative estimate of drug-likeness (QED) is 0.856. The van der Waals surface area contributed by atoms with Gasteiger partial charge in [-0.1, -0.05) is 25.4 Å². The Bertz CT molecular complexity index is 390. The van der Waals surface area contributed by atoms with Crippen LogP contribution < -0.4 is 5.32 Å². The highest BCUT2D eigenvalue weighted by Crippen LogP contribution is 2.41. The minimum atomic E-state index is -0.345. The van der Waals surface area contributed by atoms with Crippen LogP contribution in [0.25, 0.3) is 0 Å². The fourth-order valence-corrected chi connectivity index (χ4v) is 2.89. The van der Waals surface area contributed by atoms with E-state index in [9.17, 15) is 0 Å². The molecule has 19 heavy (non-hydrogen) atoms. The summed E-state index contributed by atoms with van der Waals surface area (Å²) < 4.78 is 11.3. The third-order valence-corrected chi connectivity index (χ3v) is 3.74. The number of hydrogen-bond donors (Lipinski definition) is 1. The zero-order chi connectivity index (χ0) is 13.7. The van der Waals surface area contributed by atoms with Crippen LogP contribution in [0.3, 0.4) is 0 Å². The van der Waals surface area contributed by atoms with Gasteiger partial charge in [-0.15, -0.1) is 0 Å². The molecule has 0 amide bonds. The number of aromatic nitrogens is 2. The Morgan fingerprint density at radius 1 is 1.47 bits per heavy atom. The zero-order valence-electron chi connectivity index (χ0n) is 12.2. The lowest BCUT2D eigenvalue weighted by atomic mass is 9.78. The summed E-state index contributed by atoms with van der Waals surface area (Å²) in [6.45, 7) is 7.92. The first-order chi connectivity index (χ1) is 9.20. The third-order valence-electron chi connectivity index (χ3n) is 3.74. The second-order valence-electron chi connectivity index (χ2n) is 5.48. The van der Waals surface area contributed by atoms with Gasteiger partial charge in [-0.05, 0) is 38.5 Å². The molecule has 1 saturated carbocycles. The van der Waals surface area contributed by atoms with E-state index in [1.165, 1.54) is 6.42 Å². The molecule has 2 rings (SSSR count). The van der Waals surface area contributed by atoms with Crippen molar-refractivity contribution < 1.29 is 9.26 Å². The Balaban J connectivity index is 2.15. The molecule has 2 unspecified atom stereocenters. The average molecular weight is 267 g/mol. The summed E-state index contributed by atoms with van der Waals surface area (Å²) >= 11 is 0. The minimum Gasteiger partial charge on any atom is -0.367 e. The van der Waals surface area contributed by atoms with Gasteiger partial charge in [-0.2, -0.15) is 4.98 Å². The smallest absolute Gasteiger partial charge is 0.321 e. The summed E-state index contributed by atoms with van der Waals surface area (Å²) in [6, 6.07) is 0.508. The molecule has 0 aromatic carbocycles. The first-order valence-corrected chi connectivity index (χ1v) is 7.42. The molecule has 0 bridgehead atoms. The van der Waals surface area contributed by atoms with Crippen molar-refractivity contribution in [3.8, 4) is 0 Å². The first-order valence-electron chi connectivity index (χ1n) is 7.42. The van der Waals surface area contributed by atoms with E-state index >= 15 is 0 Å². The predicted molar refractivity (Wildman–Crippen MR) is 74.0 cm³/mol. The van der Waals surface area contributed by atoms with Crippen LogP contribution in [0.1, 0.15) is 58.7 Å². The first kappa shape index (κ1) is 14.3. The summed E-state index contributed by atoms with van der Waals surface area (Å²) in [6.07, 6.45) is 5.41. The number of nitrogens with zero attached hydrogens (tertiary/aromatic N) is 2. The molecule has 5 heteroatoms. The van der Waals surface area contributed by atoms with Gasteiger partial charge < -0.3 is 14.6 Å². The number of rotatable bonds is 6. The van der Waals surface area contributed by atoms with Gasteiger partial charge in [0, 0.05) is 13.2 Å². The summed E-state index contributed by atoms with van der Waals surface area (Å²) in [4.78, 5) is 4.48. The zero-order valence-corrected chi connectivity index (χ0v) is 12.2. The maximum Gasteiger partial charge on any atom is 0.321 e. The monoisotopic (exact) mass is 267 g/mol. The van der Waals surface area contributed by atoms with Gasteiger partial charge in [0.2, 0.25) is 5.82 Å². The van der Waals surface area contributed by atoms with E-state index in [2.05, 4.69) is 29.3 Å². The fraction of sp³-hybridized carbons (Fsp3) is 0.857. The van der Waals surface area contributed by atoms with E-state index in [-0.39, 0.29) is 5.60 Å². The Morgan fingerprint density at radius 2 is 2.32 bits per heavy atom. The maximum absolute atomic E-state index is 6.03. The van der Waals surface area contributed by atoms with Gasteiger partial charge in [0.1, 0.15) is 5.60 Å². The highest BCUT2D eigenvalue weighted by atomic mass is 16.5. The summed E-state index contributed by atoms with van der Waals surface area (Å²) in [5.74, 6) is 1.35. The van der Waals surface area contributed by atoms with Crippen molar-refractivity contribution in [2.75, 3.05) is 18.5 Å². The molecule has 1 aliphatic carbocycles. The Morgan fingerprint density at radius 3 is 3.00 bits per heavy atom. The highest BCUT2D eigenvalue weighted by Gasteiger charge is 2.41. The largest absolute Gasteiger partial charge is 0.367 e. The topological polar surface area (TPSA) is 60.2 Å². The molecule has 5 nitrogen and oxygen atoms in total. The fourth-order valence-electron chi connectivity index (χ4n) is 2.89. The van der Waals surface area contributed by atoms with E-state index in [4.69, 9.17) is 9.26 Å². The molecular formula is C14H25N3O2. The van der Waals surface area contributed by atoms with Gasteiger partial charge >= 0.3 is 6.01 Å². The molecule has 2 atom stereocenters. The number of ether oxygens (including phenoxy) is 1. The Labute approximate surface area is 115 Å². The Kier molecular flexibility index (Phi) is 4.80. The highest BCUT2D eigenvalue weighted by molar-refractivity contribution is 5.20. The lowest BCUT2D eigenvalue weighted by molar-refractivity contribution is -0.0891. The average Bonchev–Trinajstić information content (AvgIpc) is 2.86. The molecule has 1 fully saturated rings. The molecule has 1 N–H and O–H groups in total. The van der Waals surface area contributed by atoms with E-state index in [1.54, 1.807) is 0 Å². The Hall–Kier alpha value is -1.10. The third kappa shape index (κ3) is 3.26. The second kappa shape index (κ2) is 6.37. The summed E-state index contributed by atoms with van der Waals surface area (Å²) in [5, 5.41) is 7.27. The predicted octanol–water partition coefficient (Wildman–Crippen LogP) is 3.33. The van der Waals surface area contributed by atoms with E-state index in [0.717, 1.165) is 32.2 Å². The molecule has 1 aromatic heterocycles. The van der Waals surface area contributed by atoms with Gasteiger partial charge in [0.25, 0.3) is 0 Å². The normalized spacial score (nSPS) is 27.4. The standard InChI is InChI=1S/C14H25N3O2/c1-4-9-15-13-16-12(17-19-13)14(18-5-2)8-6-7-11(3)10-14/h11H,4-10H2,1-3H3,(H,15,16,17). The van der Waals surface area contributed by atoms with Crippen molar-refractivity contribution in [2.24, 2.45) is 5.92 Å². The van der Waals surface area contributed by atoms with Gasteiger partial charge in [0.05, 0.1) is 0 Å². The number of hydrogen-bond acceptors (Lipinski definition) is 5. The van der Waals surface area contributed by atoms with Crippen molar-refractivity contribution in [2.45, 2.75) is 58.5 Å². The molecule has 0 radical (unpaired) electrons. The van der Waals surface area contributed by atoms with Gasteiger partial charge in [-0.25, -0.2) is 0 Å². The molecular weight excluding hydrogens is 242 g/mol. The lowest BCUT2D eigenvalue weighted by Gasteiger charge is -2.37. The van der Waals surface area contributed by atoms with Crippen LogP contribution in [-0.4, -0.2) is 23.3 Å². The van der Waals surface area contributed by atoms with Crippen LogP contribution in [0.4, 0.5) is 6.01 Å². The molecule has 1 heterocycles. The molecule has 0 aliphatic heterocycles. The van der Waals surface area contributed by atoms with Crippen LogP contribution >= 0.6 is 0 Å². The SMILES string of the molecule is CCCNc1nc(C2(OCC)CCCC(C)C2)no1. The second-order valence-corrected chi connectivity index (χ2v) is 5.48. The van der Waals surface area contributed by atoms with Gasteiger partial charge in [0.15, 0.2) is 0 Å². The molecule has 0 saturated heterocycles.